The summed E-state index contributed by atoms with van der Waals surface area (Å²) in [7, 11) is 0. The highest BCUT2D eigenvalue weighted by Gasteiger charge is 2.26. The summed E-state index contributed by atoms with van der Waals surface area (Å²) >= 11 is 0. The first-order chi connectivity index (χ1) is 5.99. The first-order valence-electron chi connectivity index (χ1n) is 5.75. The normalized spacial score (nSPS) is 25.8. The largest absolute Gasteiger partial charge is 0.328 e. The number of hydrogen-bond donors (Lipinski definition) is 1. The standard InChI is InChI=1S/C12H25N/c1-10(13)4-5-11-6-8-12(2,3)9-7-11/h10-11H,4-9,13H2,1-3H3/t10-/m1/s1. The van der Waals surface area contributed by atoms with E-state index in [0.29, 0.717) is 11.5 Å². The first kappa shape index (κ1) is 11.0. The highest BCUT2D eigenvalue weighted by Crippen LogP contribution is 2.39. The Bertz CT molecular complexity index is 136. The van der Waals surface area contributed by atoms with E-state index in [-0.39, 0.29) is 0 Å². The molecule has 1 saturated carbocycles. The maximum absolute atomic E-state index is 5.76. The minimum absolute atomic E-state index is 0.398. The lowest BCUT2D eigenvalue weighted by Gasteiger charge is -2.34. The van der Waals surface area contributed by atoms with Gasteiger partial charge in [0.15, 0.2) is 0 Å². The van der Waals surface area contributed by atoms with Crippen LogP contribution in [-0.4, -0.2) is 6.04 Å². The van der Waals surface area contributed by atoms with Gasteiger partial charge in [0.25, 0.3) is 0 Å². The molecule has 0 aromatic carbocycles. The van der Waals surface area contributed by atoms with E-state index >= 15 is 0 Å². The second kappa shape index (κ2) is 4.45. The minimum Gasteiger partial charge on any atom is -0.328 e. The van der Waals surface area contributed by atoms with Crippen LogP contribution in [0.5, 0.6) is 0 Å². The second-order valence-corrected chi connectivity index (χ2v) is 5.66. The molecule has 13 heavy (non-hydrogen) atoms. The molecule has 1 aliphatic rings. The van der Waals surface area contributed by atoms with Crippen LogP contribution in [0.25, 0.3) is 0 Å². The molecular formula is C12H25N. The zero-order valence-electron chi connectivity index (χ0n) is 9.47. The Morgan fingerprint density at radius 3 is 2.31 bits per heavy atom. The van der Waals surface area contributed by atoms with Crippen LogP contribution in [0.3, 0.4) is 0 Å². The first-order valence-corrected chi connectivity index (χ1v) is 5.75. The second-order valence-electron chi connectivity index (χ2n) is 5.66. The van der Waals surface area contributed by atoms with Crippen molar-refractivity contribution in [1.82, 2.24) is 0 Å². The summed E-state index contributed by atoms with van der Waals surface area (Å²) in [4.78, 5) is 0. The molecule has 0 aromatic rings. The van der Waals surface area contributed by atoms with E-state index < -0.39 is 0 Å². The highest BCUT2D eigenvalue weighted by atomic mass is 14.6. The maximum Gasteiger partial charge on any atom is 0.00105 e. The van der Waals surface area contributed by atoms with E-state index in [9.17, 15) is 0 Å². The lowest BCUT2D eigenvalue weighted by atomic mass is 9.72. The summed E-state index contributed by atoms with van der Waals surface area (Å²) in [5.41, 5.74) is 6.38. The average Bonchev–Trinajstić information content (AvgIpc) is 2.02. The SMILES string of the molecule is C[C@@H](N)CCC1CCC(C)(C)CC1. The van der Waals surface area contributed by atoms with Gasteiger partial charge in [-0.25, -0.2) is 0 Å². The summed E-state index contributed by atoms with van der Waals surface area (Å²) in [5.74, 6) is 0.971. The Balaban J connectivity index is 2.18. The molecule has 0 aliphatic heterocycles. The minimum atomic E-state index is 0.398. The van der Waals surface area contributed by atoms with Gasteiger partial charge >= 0.3 is 0 Å². The Morgan fingerprint density at radius 2 is 1.85 bits per heavy atom. The number of nitrogens with two attached hydrogens (primary N) is 1. The van der Waals surface area contributed by atoms with Gasteiger partial charge in [-0.05, 0) is 56.8 Å². The van der Waals surface area contributed by atoms with Crippen LogP contribution in [0, 0.1) is 11.3 Å². The quantitative estimate of drug-likeness (QED) is 0.713. The van der Waals surface area contributed by atoms with Gasteiger partial charge in [0.1, 0.15) is 0 Å². The molecule has 1 aliphatic carbocycles. The van der Waals surface area contributed by atoms with Crippen molar-refractivity contribution in [2.24, 2.45) is 17.1 Å². The topological polar surface area (TPSA) is 26.0 Å². The molecular weight excluding hydrogens is 158 g/mol. The van der Waals surface area contributed by atoms with E-state index in [4.69, 9.17) is 5.73 Å². The van der Waals surface area contributed by atoms with E-state index in [0.717, 1.165) is 5.92 Å². The molecule has 0 heterocycles. The fourth-order valence-electron chi connectivity index (χ4n) is 2.25. The number of hydrogen-bond acceptors (Lipinski definition) is 1. The lowest BCUT2D eigenvalue weighted by molar-refractivity contribution is 0.182. The van der Waals surface area contributed by atoms with Crippen molar-refractivity contribution in [2.75, 3.05) is 0 Å². The number of rotatable bonds is 3. The van der Waals surface area contributed by atoms with Crippen LogP contribution in [0.15, 0.2) is 0 Å². The molecule has 0 aromatic heterocycles. The summed E-state index contributed by atoms with van der Waals surface area (Å²) in [6, 6.07) is 0.398. The van der Waals surface area contributed by atoms with Crippen molar-refractivity contribution in [2.45, 2.75) is 65.3 Å². The molecule has 0 amide bonds. The van der Waals surface area contributed by atoms with Gasteiger partial charge in [-0.3, -0.25) is 0 Å². The molecule has 1 heteroatoms. The Hall–Kier alpha value is -0.0400. The zero-order chi connectivity index (χ0) is 9.90. The lowest BCUT2D eigenvalue weighted by Crippen LogP contribution is -2.23. The molecule has 0 spiro atoms. The molecule has 0 bridgehead atoms. The summed E-state index contributed by atoms with van der Waals surface area (Å²) < 4.78 is 0. The van der Waals surface area contributed by atoms with Crippen LogP contribution in [0.2, 0.25) is 0 Å². The fraction of sp³-hybridized carbons (Fsp3) is 1.00. The van der Waals surface area contributed by atoms with Gasteiger partial charge in [0.05, 0.1) is 0 Å². The molecule has 2 N–H and O–H groups in total. The highest BCUT2D eigenvalue weighted by molar-refractivity contribution is 4.78. The predicted octanol–water partition coefficient (Wildman–Crippen LogP) is 3.33. The van der Waals surface area contributed by atoms with Crippen molar-refractivity contribution < 1.29 is 0 Å². The van der Waals surface area contributed by atoms with E-state index in [1.807, 2.05) is 0 Å². The maximum atomic E-state index is 5.76. The molecule has 0 saturated heterocycles. The molecule has 0 unspecified atom stereocenters. The van der Waals surface area contributed by atoms with Crippen molar-refractivity contribution in [3.8, 4) is 0 Å². The van der Waals surface area contributed by atoms with Crippen LogP contribution < -0.4 is 5.73 Å². The fourth-order valence-corrected chi connectivity index (χ4v) is 2.25. The third-order valence-corrected chi connectivity index (χ3v) is 3.49. The van der Waals surface area contributed by atoms with Crippen LogP contribution in [0.1, 0.15) is 59.3 Å². The molecule has 0 radical (unpaired) electrons. The van der Waals surface area contributed by atoms with Gasteiger partial charge in [0, 0.05) is 6.04 Å². The summed E-state index contributed by atoms with van der Waals surface area (Å²) in [6.07, 6.45) is 8.26. The van der Waals surface area contributed by atoms with Gasteiger partial charge in [-0.15, -0.1) is 0 Å². The van der Waals surface area contributed by atoms with Gasteiger partial charge in [0.2, 0.25) is 0 Å². The van der Waals surface area contributed by atoms with E-state index in [1.165, 1.54) is 38.5 Å². The smallest absolute Gasteiger partial charge is 0.00105 e. The Kier molecular flexibility index (Phi) is 3.78. The van der Waals surface area contributed by atoms with Gasteiger partial charge in [-0.1, -0.05) is 13.8 Å². The molecule has 78 valence electrons. The predicted molar refractivity (Wildman–Crippen MR) is 58.6 cm³/mol. The molecule has 1 atom stereocenters. The summed E-state index contributed by atoms with van der Waals surface area (Å²) in [5, 5.41) is 0. The Morgan fingerprint density at radius 1 is 1.31 bits per heavy atom. The molecule has 1 fully saturated rings. The van der Waals surface area contributed by atoms with Gasteiger partial charge < -0.3 is 5.73 Å². The van der Waals surface area contributed by atoms with Crippen molar-refractivity contribution >= 4 is 0 Å². The third kappa shape index (κ3) is 4.12. The summed E-state index contributed by atoms with van der Waals surface area (Å²) in [6.45, 7) is 6.91. The molecule has 1 rings (SSSR count). The van der Waals surface area contributed by atoms with Crippen molar-refractivity contribution in [3.63, 3.8) is 0 Å². The van der Waals surface area contributed by atoms with E-state index in [2.05, 4.69) is 20.8 Å². The van der Waals surface area contributed by atoms with Gasteiger partial charge in [-0.2, -0.15) is 0 Å². The van der Waals surface area contributed by atoms with Crippen molar-refractivity contribution in [3.05, 3.63) is 0 Å². The van der Waals surface area contributed by atoms with Crippen LogP contribution in [0.4, 0.5) is 0 Å². The Labute approximate surface area is 83.1 Å². The average molecular weight is 183 g/mol. The van der Waals surface area contributed by atoms with Crippen LogP contribution >= 0.6 is 0 Å². The third-order valence-electron chi connectivity index (χ3n) is 3.49. The zero-order valence-corrected chi connectivity index (χ0v) is 9.47. The van der Waals surface area contributed by atoms with Crippen LogP contribution in [-0.2, 0) is 0 Å². The van der Waals surface area contributed by atoms with Crippen molar-refractivity contribution in [1.29, 1.82) is 0 Å². The monoisotopic (exact) mass is 183 g/mol. The van der Waals surface area contributed by atoms with E-state index in [1.54, 1.807) is 0 Å². The molecule has 1 nitrogen and oxygen atoms in total.